The van der Waals surface area contributed by atoms with Crippen molar-refractivity contribution in [2.45, 2.75) is 57.5 Å². The fourth-order valence-electron chi connectivity index (χ4n) is 4.43. The van der Waals surface area contributed by atoms with Crippen molar-refractivity contribution < 1.29 is 48.8 Å². The molecule has 2 unspecified atom stereocenters. The topological polar surface area (TPSA) is 80.7 Å². The van der Waals surface area contributed by atoms with Crippen molar-refractivity contribution in [3.8, 4) is 0 Å². The van der Waals surface area contributed by atoms with E-state index >= 15 is 0 Å². The van der Waals surface area contributed by atoms with Crippen LogP contribution in [-0.2, 0) is 19.6 Å². The van der Waals surface area contributed by atoms with Crippen LogP contribution in [0.5, 0.6) is 0 Å². The Hall–Kier alpha value is -1.04. The number of halogens is 6. The summed E-state index contributed by atoms with van der Waals surface area (Å²) in [7, 11) is -5.78. The molecule has 0 radical (unpaired) electrons. The number of rotatable bonds is 4. The van der Waals surface area contributed by atoms with Crippen molar-refractivity contribution in [2.75, 3.05) is 5.75 Å². The Morgan fingerprint density at radius 1 is 1.07 bits per heavy atom. The largest absolute Gasteiger partial charge is 0.438 e. The van der Waals surface area contributed by atoms with Gasteiger partial charge in [-0.05, 0) is 50.4 Å². The quantitative estimate of drug-likeness (QED) is 0.421. The fourth-order valence-corrected chi connectivity index (χ4v) is 5.33. The fraction of sp³-hybridized carbons (Fsp3) is 0.933. The molecule has 158 valence electrons. The van der Waals surface area contributed by atoms with Crippen molar-refractivity contribution in [1.29, 1.82) is 0 Å². The molecule has 27 heavy (non-hydrogen) atoms. The number of carbonyl (C=O) groups is 1. The van der Waals surface area contributed by atoms with Crippen LogP contribution in [0.15, 0.2) is 0 Å². The van der Waals surface area contributed by atoms with Crippen LogP contribution >= 0.6 is 0 Å². The van der Waals surface area contributed by atoms with Gasteiger partial charge in [-0.2, -0.15) is 34.8 Å². The SMILES string of the molecule is CC1CC2CC(C)(C(=O)OC(CS(=O)(=O)O)(C(F)(F)F)C(F)(F)F)CC2C1. The third-order valence-electron chi connectivity index (χ3n) is 5.56. The zero-order chi connectivity index (χ0) is 21.1. The monoisotopic (exact) mass is 426 g/mol. The van der Waals surface area contributed by atoms with E-state index in [1.807, 2.05) is 6.92 Å². The first kappa shape index (κ1) is 22.3. The van der Waals surface area contributed by atoms with Gasteiger partial charge < -0.3 is 4.74 Å². The highest BCUT2D eigenvalue weighted by Crippen LogP contribution is 2.56. The maximum Gasteiger partial charge on any atom is 0.438 e. The van der Waals surface area contributed by atoms with Gasteiger partial charge in [-0.3, -0.25) is 9.35 Å². The molecule has 0 bridgehead atoms. The van der Waals surface area contributed by atoms with Gasteiger partial charge in [-0.25, -0.2) is 0 Å². The van der Waals surface area contributed by atoms with Gasteiger partial charge in [0, 0.05) is 0 Å². The normalized spacial score (nSPS) is 32.4. The number of hydrogen-bond donors (Lipinski definition) is 1. The molecule has 0 aliphatic heterocycles. The van der Waals surface area contributed by atoms with Gasteiger partial charge in [-0.1, -0.05) is 6.92 Å². The molecule has 2 saturated carbocycles. The first-order chi connectivity index (χ1) is 11.9. The molecular weight excluding hydrogens is 406 g/mol. The highest BCUT2D eigenvalue weighted by atomic mass is 32.2. The van der Waals surface area contributed by atoms with E-state index in [0.29, 0.717) is 18.8 Å². The van der Waals surface area contributed by atoms with Gasteiger partial charge in [0.15, 0.2) is 0 Å². The maximum atomic E-state index is 13.3. The van der Waals surface area contributed by atoms with E-state index in [4.69, 9.17) is 4.55 Å². The summed E-state index contributed by atoms with van der Waals surface area (Å²) in [5.74, 6) is -4.28. The minimum absolute atomic E-state index is 0.00898. The van der Waals surface area contributed by atoms with E-state index in [9.17, 15) is 39.6 Å². The summed E-state index contributed by atoms with van der Waals surface area (Å²) in [6, 6.07) is 0. The van der Waals surface area contributed by atoms with Crippen molar-refractivity contribution in [1.82, 2.24) is 0 Å². The molecule has 1 N–H and O–H groups in total. The summed E-state index contributed by atoms with van der Waals surface area (Å²) in [5, 5.41) is 0. The van der Waals surface area contributed by atoms with E-state index < -0.39 is 45.2 Å². The lowest BCUT2D eigenvalue weighted by molar-refractivity contribution is -0.363. The van der Waals surface area contributed by atoms with E-state index in [-0.39, 0.29) is 24.7 Å². The molecule has 2 rings (SSSR count). The second kappa shape index (κ2) is 6.50. The lowest BCUT2D eigenvalue weighted by Crippen LogP contribution is -2.64. The Morgan fingerprint density at radius 2 is 1.48 bits per heavy atom. The predicted octanol–water partition coefficient (Wildman–Crippen LogP) is 3.74. The van der Waals surface area contributed by atoms with Crippen LogP contribution in [-0.4, -0.2) is 42.6 Å². The van der Waals surface area contributed by atoms with Crippen LogP contribution in [0.2, 0.25) is 0 Å². The number of hydrogen-bond acceptors (Lipinski definition) is 4. The molecule has 0 heterocycles. The van der Waals surface area contributed by atoms with E-state index in [1.165, 1.54) is 6.92 Å². The van der Waals surface area contributed by atoms with Gasteiger partial charge >= 0.3 is 23.9 Å². The van der Waals surface area contributed by atoms with Gasteiger partial charge in [0.05, 0.1) is 5.41 Å². The molecule has 0 spiro atoms. The highest BCUT2D eigenvalue weighted by molar-refractivity contribution is 7.85. The highest BCUT2D eigenvalue weighted by Gasteiger charge is 2.76. The molecule has 12 heteroatoms. The van der Waals surface area contributed by atoms with Crippen molar-refractivity contribution in [2.24, 2.45) is 23.2 Å². The van der Waals surface area contributed by atoms with Gasteiger partial charge in [-0.15, -0.1) is 0 Å². The summed E-state index contributed by atoms with van der Waals surface area (Å²) in [6.45, 7) is 3.20. The van der Waals surface area contributed by atoms with Crippen LogP contribution in [0, 0.1) is 23.2 Å². The summed E-state index contributed by atoms with van der Waals surface area (Å²) in [4.78, 5) is 12.4. The Morgan fingerprint density at radius 3 is 1.81 bits per heavy atom. The predicted molar refractivity (Wildman–Crippen MR) is 80.1 cm³/mol. The Kier molecular flexibility index (Phi) is 5.35. The van der Waals surface area contributed by atoms with Gasteiger partial charge in [0.1, 0.15) is 5.75 Å². The Balaban J connectivity index is 2.37. The van der Waals surface area contributed by atoms with E-state index in [0.717, 1.165) is 0 Å². The second-order valence-electron chi connectivity index (χ2n) is 8.00. The molecule has 5 nitrogen and oxygen atoms in total. The number of ether oxygens (including phenoxy) is 1. The standard InChI is InChI=1S/C15H20F6O5S/c1-8-3-9-5-12(2,6-10(9)4-8)11(22)26-13(14(16,17)18,15(19,20)21)7-27(23,24)25/h8-10H,3-7H2,1-2H3,(H,23,24,25). The van der Waals surface area contributed by atoms with Crippen LogP contribution in [0.4, 0.5) is 26.3 Å². The minimum atomic E-state index is -6.30. The summed E-state index contributed by atoms with van der Waals surface area (Å²) >= 11 is 0. The van der Waals surface area contributed by atoms with Crippen LogP contribution in [0.1, 0.15) is 39.5 Å². The maximum absolute atomic E-state index is 13.3. The van der Waals surface area contributed by atoms with Crippen molar-refractivity contribution in [3.05, 3.63) is 0 Å². The lowest BCUT2D eigenvalue weighted by atomic mass is 9.84. The molecule has 0 saturated heterocycles. The third-order valence-corrected chi connectivity index (χ3v) is 6.33. The number of esters is 1. The molecule has 0 aromatic carbocycles. The molecule has 2 atom stereocenters. The smallest absolute Gasteiger partial charge is 0.438 e. The zero-order valence-corrected chi connectivity index (χ0v) is 15.3. The Labute approximate surface area is 152 Å². The van der Waals surface area contributed by atoms with Crippen molar-refractivity contribution >= 4 is 16.1 Å². The lowest BCUT2D eigenvalue weighted by Gasteiger charge is -2.38. The number of carbonyl (C=O) groups excluding carboxylic acids is 1. The minimum Gasteiger partial charge on any atom is -0.438 e. The van der Waals surface area contributed by atoms with Crippen LogP contribution in [0.3, 0.4) is 0 Å². The average molecular weight is 426 g/mol. The zero-order valence-electron chi connectivity index (χ0n) is 14.5. The first-order valence-corrected chi connectivity index (χ1v) is 9.83. The van der Waals surface area contributed by atoms with Crippen molar-refractivity contribution in [3.63, 3.8) is 0 Å². The van der Waals surface area contributed by atoms with Crippen LogP contribution < -0.4 is 0 Å². The molecule has 0 aromatic heterocycles. The van der Waals surface area contributed by atoms with E-state index in [1.54, 1.807) is 0 Å². The molecule has 2 aliphatic carbocycles. The molecule has 0 amide bonds. The molecule has 2 fully saturated rings. The summed E-state index contributed by atoms with van der Waals surface area (Å²) in [5.41, 5.74) is -6.92. The molecule has 0 aromatic rings. The van der Waals surface area contributed by atoms with E-state index in [2.05, 4.69) is 4.74 Å². The summed E-state index contributed by atoms with van der Waals surface area (Å²) in [6.07, 6.45) is -11.0. The second-order valence-corrected chi connectivity index (χ2v) is 9.46. The first-order valence-electron chi connectivity index (χ1n) is 8.22. The van der Waals surface area contributed by atoms with Gasteiger partial charge in [0.25, 0.3) is 10.1 Å². The number of fused-ring (bicyclic) bond motifs is 1. The van der Waals surface area contributed by atoms with Gasteiger partial charge in [0.2, 0.25) is 0 Å². The molecular formula is C15H20F6O5S. The van der Waals surface area contributed by atoms with Crippen LogP contribution in [0.25, 0.3) is 0 Å². The molecule has 2 aliphatic rings. The number of alkyl halides is 6. The average Bonchev–Trinajstić information content (AvgIpc) is 2.87. The third kappa shape index (κ3) is 4.20. The Bertz CT molecular complexity index is 670. The summed E-state index contributed by atoms with van der Waals surface area (Å²) < 4.78 is 114.